The molecule has 1 aromatic heterocycles. The molecule has 5 heteroatoms. The normalized spacial score (nSPS) is 10.9. The number of aromatic nitrogens is 1. The van der Waals surface area contributed by atoms with Gasteiger partial charge in [0.05, 0.1) is 34.3 Å². The zero-order valence-electron chi connectivity index (χ0n) is 33.1. The van der Waals surface area contributed by atoms with Gasteiger partial charge in [-0.2, -0.15) is 10.5 Å². The van der Waals surface area contributed by atoms with Gasteiger partial charge in [-0.05, 0) is 138 Å². The highest BCUT2D eigenvalue weighted by molar-refractivity contribution is 6.12. The Bertz CT molecular complexity index is 3050. The van der Waals surface area contributed by atoms with Crippen molar-refractivity contribution < 1.29 is 0 Å². The SMILES string of the molecule is N#Cc1ccc(-c2cccc(-c3cccc(-n4c5ccc(N(c6ccccc6)c6ccccc6)cc5c5cc(N(c6ccccc6)c6ccccc6)ccc54)c3)c2)c(C#N)c1. The summed E-state index contributed by atoms with van der Waals surface area (Å²) in [6, 6.07) is 82.3. The summed E-state index contributed by atoms with van der Waals surface area (Å²) in [4.78, 5) is 4.62. The van der Waals surface area contributed by atoms with E-state index in [4.69, 9.17) is 0 Å². The number of para-hydroxylation sites is 4. The van der Waals surface area contributed by atoms with Gasteiger partial charge in [0.15, 0.2) is 0 Å². The second kappa shape index (κ2) is 16.0. The Balaban J connectivity index is 1.17. The van der Waals surface area contributed by atoms with Crippen LogP contribution in [0.25, 0.3) is 49.7 Å². The summed E-state index contributed by atoms with van der Waals surface area (Å²) in [6.07, 6.45) is 0. The molecular weight excluding hydrogens is 743 g/mol. The molecule has 0 spiro atoms. The monoisotopic (exact) mass is 779 g/mol. The number of rotatable bonds is 9. The molecule has 9 aromatic carbocycles. The molecule has 0 unspecified atom stereocenters. The minimum atomic E-state index is 0.468. The van der Waals surface area contributed by atoms with Crippen LogP contribution in [0.15, 0.2) is 224 Å². The number of benzene rings is 9. The number of nitriles is 2. The summed E-state index contributed by atoms with van der Waals surface area (Å²) < 4.78 is 2.37. The predicted octanol–water partition coefficient (Wildman–Crippen LogP) is 14.8. The summed E-state index contributed by atoms with van der Waals surface area (Å²) in [5.41, 5.74) is 14.4. The van der Waals surface area contributed by atoms with E-state index in [1.54, 1.807) is 12.1 Å². The van der Waals surface area contributed by atoms with Crippen LogP contribution in [0.3, 0.4) is 0 Å². The van der Waals surface area contributed by atoms with E-state index in [0.29, 0.717) is 11.1 Å². The van der Waals surface area contributed by atoms with Crippen molar-refractivity contribution in [1.82, 2.24) is 4.57 Å². The third-order valence-electron chi connectivity index (χ3n) is 11.2. The van der Waals surface area contributed by atoms with Gasteiger partial charge in [0.25, 0.3) is 0 Å². The second-order valence-electron chi connectivity index (χ2n) is 14.9. The Morgan fingerprint density at radius 2 is 0.803 bits per heavy atom. The Hall–Kier alpha value is -8.64. The van der Waals surface area contributed by atoms with Crippen molar-refractivity contribution in [2.45, 2.75) is 0 Å². The molecule has 0 N–H and O–H groups in total. The van der Waals surface area contributed by atoms with E-state index >= 15 is 0 Å². The van der Waals surface area contributed by atoms with E-state index in [9.17, 15) is 10.5 Å². The lowest BCUT2D eigenvalue weighted by Gasteiger charge is -2.26. The van der Waals surface area contributed by atoms with Gasteiger partial charge in [-0.3, -0.25) is 0 Å². The van der Waals surface area contributed by atoms with Crippen molar-refractivity contribution in [3.05, 3.63) is 236 Å². The molecule has 286 valence electrons. The van der Waals surface area contributed by atoms with E-state index in [1.165, 1.54) is 0 Å². The quantitative estimate of drug-likeness (QED) is 0.146. The van der Waals surface area contributed by atoms with Crippen molar-refractivity contribution in [3.8, 4) is 40.1 Å². The molecule has 0 aliphatic rings. The fourth-order valence-corrected chi connectivity index (χ4v) is 8.41. The summed E-state index contributed by atoms with van der Waals surface area (Å²) >= 11 is 0. The molecule has 0 bridgehead atoms. The highest BCUT2D eigenvalue weighted by Gasteiger charge is 2.20. The molecule has 5 nitrogen and oxygen atoms in total. The molecular formula is C56H37N5. The fourth-order valence-electron chi connectivity index (χ4n) is 8.41. The number of fused-ring (bicyclic) bond motifs is 3. The van der Waals surface area contributed by atoms with Gasteiger partial charge in [0, 0.05) is 50.6 Å². The molecule has 10 rings (SSSR count). The first kappa shape index (κ1) is 36.7. The Morgan fingerprint density at radius 3 is 1.28 bits per heavy atom. The van der Waals surface area contributed by atoms with Crippen LogP contribution in [0.2, 0.25) is 0 Å². The maximum absolute atomic E-state index is 9.96. The minimum absolute atomic E-state index is 0.468. The Kier molecular flexibility index (Phi) is 9.59. The first-order chi connectivity index (χ1) is 30.2. The van der Waals surface area contributed by atoms with Crippen LogP contribution in [0.5, 0.6) is 0 Å². The molecule has 0 radical (unpaired) electrons. The molecule has 1 heterocycles. The first-order valence-corrected chi connectivity index (χ1v) is 20.2. The van der Waals surface area contributed by atoms with Crippen LogP contribution in [-0.4, -0.2) is 4.57 Å². The molecule has 0 aliphatic heterocycles. The number of hydrogen-bond donors (Lipinski definition) is 0. The zero-order valence-corrected chi connectivity index (χ0v) is 33.1. The van der Waals surface area contributed by atoms with Crippen molar-refractivity contribution in [2.75, 3.05) is 9.80 Å². The Labute approximate surface area is 355 Å². The van der Waals surface area contributed by atoms with E-state index in [2.05, 4.69) is 221 Å². The molecule has 0 aliphatic carbocycles. The van der Waals surface area contributed by atoms with Gasteiger partial charge >= 0.3 is 0 Å². The summed E-state index contributed by atoms with van der Waals surface area (Å²) in [7, 11) is 0. The van der Waals surface area contributed by atoms with Crippen molar-refractivity contribution in [2.24, 2.45) is 0 Å². The van der Waals surface area contributed by atoms with Gasteiger partial charge in [0.1, 0.15) is 0 Å². The van der Waals surface area contributed by atoms with Crippen LogP contribution in [0.1, 0.15) is 11.1 Å². The van der Waals surface area contributed by atoms with E-state index in [0.717, 1.165) is 83.9 Å². The standard InChI is InChI=1S/C56H37N5/c57-38-40-27-30-52(44(33-40)39-58)43-17-13-15-41(34-43)42-16-14-26-49(35-42)61-55-31-28-50(59(45-18-5-1-6-19-45)46-20-7-2-8-21-46)36-53(55)54-37-51(29-32-56(54)61)60(47-22-9-3-10-23-47)48-24-11-4-12-25-48/h1-37H. The van der Waals surface area contributed by atoms with Crippen molar-refractivity contribution in [3.63, 3.8) is 0 Å². The fraction of sp³-hybridized carbons (Fsp3) is 0. The molecule has 0 saturated heterocycles. The van der Waals surface area contributed by atoms with Gasteiger partial charge < -0.3 is 14.4 Å². The molecule has 0 fully saturated rings. The third-order valence-corrected chi connectivity index (χ3v) is 11.2. The van der Waals surface area contributed by atoms with Crippen LogP contribution in [-0.2, 0) is 0 Å². The third kappa shape index (κ3) is 6.93. The van der Waals surface area contributed by atoms with Gasteiger partial charge in [-0.15, -0.1) is 0 Å². The molecule has 10 aromatic rings. The Morgan fingerprint density at radius 1 is 0.344 bits per heavy atom. The van der Waals surface area contributed by atoms with E-state index in [1.807, 2.05) is 18.2 Å². The lowest BCUT2D eigenvalue weighted by molar-refractivity contribution is 1.18. The zero-order chi connectivity index (χ0) is 41.1. The highest BCUT2D eigenvalue weighted by atomic mass is 15.1. The van der Waals surface area contributed by atoms with Gasteiger partial charge in [-0.1, -0.05) is 109 Å². The number of anilines is 6. The predicted molar refractivity (Wildman–Crippen MR) is 250 cm³/mol. The van der Waals surface area contributed by atoms with Crippen LogP contribution in [0.4, 0.5) is 34.1 Å². The van der Waals surface area contributed by atoms with Crippen LogP contribution in [0, 0.1) is 22.7 Å². The first-order valence-electron chi connectivity index (χ1n) is 20.2. The van der Waals surface area contributed by atoms with E-state index < -0.39 is 0 Å². The molecule has 0 atom stereocenters. The summed E-state index contributed by atoms with van der Waals surface area (Å²) in [5, 5.41) is 21.7. The second-order valence-corrected chi connectivity index (χ2v) is 14.9. The average Bonchev–Trinajstić information content (AvgIpc) is 3.66. The van der Waals surface area contributed by atoms with Gasteiger partial charge in [-0.25, -0.2) is 0 Å². The van der Waals surface area contributed by atoms with Crippen LogP contribution < -0.4 is 9.80 Å². The maximum atomic E-state index is 9.96. The number of nitrogens with zero attached hydrogens (tertiary/aromatic N) is 5. The topological polar surface area (TPSA) is 59.0 Å². The molecule has 61 heavy (non-hydrogen) atoms. The maximum Gasteiger partial charge on any atom is 0.0998 e. The molecule has 0 saturated carbocycles. The highest BCUT2D eigenvalue weighted by Crippen LogP contribution is 2.43. The smallest absolute Gasteiger partial charge is 0.0998 e. The van der Waals surface area contributed by atoms with E-state index in [-0.39, 0.29) is 0 Å². The largest absolute Gasteiger partial charge is 0.310 e. The average molecular weight is 780 g/mol. The summed E-state index contributed by atoms with van der Waals surface area (Å²) in [6.45, 7) is 0. The lowest BCUT2D eigenvalue weighted by Crippen LogP contribution is -2.09. The van der Waals surface area contributed by atoms with Crippen molar-refractivity contribution in [1.29, 1.82) is 10.5 Å². The van der Waals surface area contributed by atoms with Crippen LogP contribution >= 0.6 is 0 Å². The molecule has 0 amide bonds. The summed E-state index contributed by atoms with van der Waals surface area (Å²) in [5.74, 6) is 0. The van der Waals surface area contributed by atoms with Crippen molar-refractivity contribution >= 4 is 55.9 Å². The minimum Gasteiger partial charge on any atom is -0.310 e. The lowest BCUT2D eigenvalue weighted by atomic mass is 9.95. The number of hydrogen-bond acceptors (Lipinski definition) is 4. The van der Waals surface area contributed by atoms with Gasteiger partial charge in [0.2, 0.25) is 0 Å².